The summed E-state index contributed by atoms with van der Waals surface area (Å²) in [5, 5.41) is 10.2. The minimum Gasteiger partial charge on any atom is -0.235 e. The number of benzene rings is 1. The number of nitriles is 1. The monoisotopic (exact) mass is 266 g/mol. The zero-order valence-electron chi connectivity index (χ0n) is 6.96. The van der Waals surface area contributed by atoms with Crippen LogP contribution in [0.3, 0.4) is 0 Å². The van der Waals surface area contributed by atoms with E-state index < -0.39 is 0 Å². The van der Waals surface area contributed by atoms with Crippen molar-refractivity contribution < 1.29 is 0 Å². The van der Waals surface area contributed by atoms with Crippen molar-refractivity contribution in [2.24, 2.45) is 0 Å². The fourth-order valence-electron chi connectivity index (χ4n) is 1.21. The minimum absolute atomic E-state index is 0.373. The molecule has 0 saturated heterocycles. The molecule has 1 aromatic heterocycles. The average Bonchev–Trinajstić information content (AvgIpc) is 2.23. The van der Waals surface area contributed by atoms with Gasteiger partial charge in [0.25, 0.3) is 0 Å². The van der Waals surface area contributed by atoms with Gasteiger partial charge < -0.3 is 0 Å². The average molecular weight is 268 g/mol. The highest BCUT2D eigenvalue weighted by atomic mass is 79.9. The molecule has 0 aliphatic rings. The Labute approximate surface area is 94.3 Å². The van der Waals surface area contributed by atoms with Crippen LogP contribution in [-0.4, -0.2) is 4.98 Å². The summed E-state index contributed by atoms with van der Waals surface area (Å²) in [6, 6.07) is 9.09. The lowest BCUT2D eigenvalue weighted by Crippen LogP contribution is -1.85. The van der Waals surface area contributed by atoms with E-state index >= 15 is 0 Å². The van der Waals surface area contributed by atoms with Crippen LogP contribution in [0.25, 0.3) is 10.9 Å². The van der Waals surface area contributed by atoms with Gasteiger partial charge in [0.2, 0.25) is 0 Å². The van der Waals surface area contributed by atoms with Gasteiger partial charge in [-0.3, -0.25) is 0 Å². The number of aromatic nitrogens is 1. The van der Waals surface area contributed by atoms with E-state index in [-0.39, 0.29) is 0 Å². The van der Waals surface area contributed by atoms with E-state index in [4.69, 9.17) is 16.9 Å². The fourth-order valence-corrected chi connectivity index (χ4v) is 1.87. The molecule has 68 valence electrons. The summed E-state index contributed by atoms with van der Waals surface area (Å²) in [7, 11) is 0. The predicted molar refractivity (Wildman–Crippen MR) is 59.2 cm³/mol. The molecule has 0 saturated carbocycles. The standard InChI is InChI=1S/C10H4BrClN2/c11-8-3-4-9(12)10-7(8)2-1-6(5-13)14-10/h1-4H. The molecule has 0 radical (unpaired) electrons. The molecule has 2 aromatic rings. The molecule has 0 spiro atoms. The second-order valence-electron chi connectivity index (χ2n) is 2.73. The SMILES string of the molecule is N#Cc1ccc2c(Br)ccc(Cl)c2n1. The van der Waals surface area contributed by atoms with Crippen molar-refractivity contribution in [3.63, 3.8) is 0 Å². The number of rotatable bonds is 0. The van der Waals surface area contributed by atoms with E-state index in [0.717, 1.165) is 9.86 Å². The number of hydrogen-bond donors (Lipinski definition) is 0. The lowest BCUT2D eigenvalue weighted by Gasteiger charge is -2.01. The summed E-state index contributed by atoms with van der Waals surface area (Å²) in [4.78, 5) is 4.13. The number of nitrogens with zero attached hydrogens (tertiary/aromatic N) is 2. The Hall–Kier alpha value is -1.11. The Kier molecular flexibility index (Phi) is 2.40. The van der Waals surface area contributed by atoms with Gasteiger partial charge in [-0.1, -0.05) is 27.5 Å². The van der Waals surface area contributed by atoms with Crippen molar-refractivity contribution in [3.8, 4) is 6.07 Å². The number of pyridine rings is 1. The molecule has 2 rings (SSSR count). The Morgan fingerprint density at radius 2 is 2.07 bits per heavy atom. The highest BCUT2D eigenvalue weighted by Crippen LogP contribution is 2.28. The Morgan fingerprint density at radius 3 is 2.79 bits per heavy atom. The van der Waals surface area contributed by atoms with E-state index in [2.05, 4.69) is 20.9 Å². The summed E-state index contributed by atoms with van der Waals surface area (Å²) >= 11 is 9.36. The predicted octanol–water partition coefficient (Wildman–Crippen LogP) is 3.52. The van der Waals surface area contributed by atoms with Crippen molar-refractivity contribution in [1.82, 2.24) is 4.98 Å². The Balaban J connectivity index is 2.89. The zero-order chi connectivity index (χ0) is 10.1. The molecular formula is C10H4BrClN2. The zero-order valence-corrected chi connectivity index (χ0v) is 9.30. The maximum atomic E-state index is 8.69. The summed E-state index contributed by atoms with van der Waals surface area (Å²) in [6.45, 7) is 0. The molecule has 0 aliphatic heterocycles. The summed E-state index contributed by atoms with van der Waals surface area (Å²) in [6.07, 6.45) is 0. The van der Waals surface area contributed by atoms with Crippen LogP contribution in [0, 0.1) is 11.3 Å². The number of fused-ring (bicyclic) bond motifs is 1. The molecule has 0 aliphatic carbocycles. The van der Waals surface area contributed by atoms with Crippen LogP contribution in [-0.2, 0) is 0 Å². The van der Waals surface area contributed by atoms with Crippen molar-refractivity contribution in [3.05, 3.63) is 39.5 Å². The molecule has 2 nitrogen and oxygen atoms in total. The first kappa shape index (κ1) is 9.45. The number of hydrogen-bond acceptors (Lipinski definition) is 2. The molecule has 14 heavy (non-hydrogen) atoms. The second kappa shape index (κ2) is 3.56. The van der Waals surface area contributed by atoms with Crippen LogP contribution in [0.5, 0.6) is 0 Å². The first-order valence-electron chi connectivity index (χ1n) is 3.87. The van der Waals surface area contributed by atoms with Gasteiger partial charge in [0, 0.05) is 9.86 Å². The topological polar surface area (TPSA) is 36.7 Å². The Bertz CT molecular complexity index is 546. The quantitative estimate of drug-likeness (QED) is 0.732. The van der Waals surface area contributed by atoms with E-state index in [1.807, 2.05) is 18.2 Å². The van der Waals surface area contributed by atoms with Gasteiger partial charge >= 0.3 is 0 Å². The van der Waals surface area contributed by atoms with Gasteiger partial charge in [0.05, 0.1) is 10.5 Å². The minimum atomic E-state index is 0.373. The van der Waals surface area contributed by atoms with Crippen LogP contribution in [0.4, 0.5) is 0 Å². The molecule has 0 atom stereocenters. The summed E-state index contributed by atoms with van der Waals surface area (Å²) < 4.78 is 0.925. The Morgan fingerprint density at radius 1 is 1.29 bits per heavy atom. The normalized spacial score (nSPS) is 10.1. The molecular weight excluding hydrogens is 263 g/mol. The molecule has 0 bridgehead atoms. The third-order valence-corrected chi connectivity index (χ3v) is 2.87. The van der Waals surface area contributed by atoms with E-state index in [1.54, 1.807) is 12.1 Å². The summed E-state index contributed by atoms with van der Waals surface area (Å²) in [5.41, 5.74) is 1.03. The lowest BCUT2D eigenvalue weighted by atomic mass is 10.2. The second-order valence-corrected chi connectivity index (χ2v) is 4.00. The van der Waals surface area contributed by atoms with Crippen LogP contribution in [0.1, 0.15) is 5.69 Å². The molecule has 4 heteroatoms. The molecule has 1 heterocycles. The molecule has 1 aromatic carbocycles. The van der Waals surface area contributed by atoms with E-state index in [1.165, 1.54) is 0 Å². The van der Waals surface area contributed by atoms with E-state index in [0.29, 0.717) is 16.2 Å². The van der Waals surface area contributed by atoms with Crippen LogP contribution < -0.4 is 0 Å². The number of halogens is 2. The highest BCUT2D eigenvalue weighted by molar-refractivity contribution is 9.10. The van der Waals surface area contributed by atoms with E-state index in [9.17, 15) is 0 Å². The van der Waals surface area contributed by atoms with Crippen molar-refractivity contribution in [2.75, 3.05) is 0 Å². The smallest absolute Gasteiger partial charge is 0.141 e. The van der Waals surface area contributed by atoms with Gasteiger partial charge in [0.15, 0.2) is 0 Å². The molecule has 0 unspecified atom stereocenters. The largest absolute Gasteiger partial charge is 0.235 e. The van der Waals surface area contributed by atoms with Crippen LogP contribution in [0.2, 0.25) is 5.02 Å². The highest BCUT2D eigenvalue weighted by Gasteiger charge is 2.04. The van der Waals surface area contributed by atoms with Gasteiger partial charge in [-0.15, -0.1) is 0 Å². The van der Waals surface area contributed by atoms with Gasteiger partial charge in [-0.2, -0.15) is 5.26 Å². The fraction of sp³-hybridized carbons (Fsp3) is 0. The first-order valence-corrected chi connectivity index (χ1v) is 5.04. The lowest BCUT2D eigenvalue weighted by molar-refractivity contribution is 1.32. The van der Waals surface area contributed by atoms with Gasteiger partial charge in [-0.05, 0) is 24.3 Å². The summed E-state index contributed by atoms with van der Waals surface area (Å²) in [5.74, 6) is 0. The molecule has 0 fully saturated rings. The van der Waals surface area contributed by atoms with Gasteiger partial charge in [0.1, 0.15) is 11.8 Å². The van der Waals surface area contributed by atoms with Crippen LogP contribution >= 0.6 is 27.5 Å². The van der Waals surface area contributed by atoms with Crippen molar-refractivity contribution >= 4 is 38.4 Å². The third kappa shape index (κ3) is 1.47. The van der Waals surface area contributed by atoms with Gasteiger partial charge in [-0.25, -0.2) is 4.98 Å². The van der Waals surface area contributed by atoms with Crippen molar-refractivity contribution in [2.45, 2.75) is 0 Å². The first-order chi connectivity index (χ1) is 6.72. The maximum absolute atomic E-state index is 8.69. The molecule has 0 N–H and O–H groups in total. The van der Waals surface area contributed by atoms with Crippen LogP contribution in [0.15, 0.2) is 28.7 Å². The third-order valence-electron chi connectivity index (χ3n) is 1.87. The molecule has 0 amide bonds. The van der Waals surface area contributed by atoms with Crippen molar-refractivity contribution in [1.29, 1.82) is 5.26 Å². The maximum Gasteiger partial charge on any atom is 0.141 e.